The Morgan fingerprint density at radius 1 is 1.54 bits per heavy atom. The van der Waals surface area contributed by atoms with Crippen molar-refractivity contribution in [3.8, 4) is 5.75 Å². The maximum Gasteiger partial charge on any atom is 0.119 e. The molecule has 0 fully saturated rings. The lowest BCUT2D eigenvalue weighted by Gasteiger charge is -2.11. The molecular weight excluding hydrogens is 164 g/mol. The van der Waals surface area contributed by atoms with Gasteiger partial charge < -0.3 is 4.74 Å². The summed E-state index contributed by atoms with van der Waals surface area (Å²) < 4.78 is 5.37. The van der Waals surface area contributed by atoms with Gasteiger partial charge in [-0.2, -0.15) is 0 Å². The number of benzene rings is 1. The van der Waals surface area contributed by atoms with Crippen molar-refractivity contribution in [2.45, 2.75) is 19.9 Å². The van der Waals surface area contributed by atoms with Gasteiger partial charge in [-0.15, -0.1) is 0 Å². The molecule has 0 saturated heterocycles. The topological polar surface area (TPSA) is 47.3 Å². The molecule has 0 aliphatic heterocycles. The summed E-state index contributed by atoms with van der Waals surface area (Å²) in [6, 6.07) is 8.08. The average Bonchev–Trinajstić information content (AvgIpc) is 2.18. The molecular formula is C10H16N2O. The lowest BCUT2D eigenvalue weighted by atomic mass is 10.1. The third-order valence-electron chi connectivity index (χ3n) is 1.92. The van der Waals surface area contributed by atoms with E-state index in [1.165, 1.54) is 0 Å². The van der Waals surface area contributed by atoms with Gasteiger partial charge in [0.15, 0.2) is 0 Å². The zero-order chi connectivity index (χ0) is 9.68. The maximum absolute atomic E-state index is 5.37. The lowest BCUT2D eigenvalue weighted by Crippen LogP contribution is -2.25. The molecule has 0 heterocycles. The Morgan fingerprint density at radius 3 is 2.92 bits per heavy atom. The normalized spacial score (nSPS) is 12.5. The molecule has 3 heteroatoms. The van der Waals surface area contributed by atoms with Crippen LogP contribution in [0.1, 0.15) is 25.5 Å². The number of hydrogen-bond donors (Lipinski definition) is 2. The van der Waals surface area contributed by atoms with Gasteiger partial charge >= 0.3 is 0 Å². The summed E-state index contributed by atoms with van der Waals surface area (Å²) in [4.78, 5) is 0. The molecule has 0 aromatic heterocycles. The quantitative estimate of drug-likeness (QED) is 0.546. The Hall–Kier alpha value is -1.06. The molecule has 3 nitrogen and oxygen atoms in total. The van der Waals surface area contributed by atoms with Crippen LogP contribution in [0.4, 0.5) is 0 Å². The highest BCUT2D eigenvalue weighted by atomic mass is 16.5. The third kappa shape index (κ3) is 2.72. The zero-order valence-corrected chi connectivity index (χ0v) is 8.08. The van der Waals surface area contributed by atoms with Gasteiger partial charge in [-0.05, 0) is 31.5 Å². The van der Waals surface area contributed by atoms with E-state index in [-0.39, 0.29) is 6.04 Å². The molecule has 0 radical (unpaired) electrons. The van der Waals surface area contributed by atoms with Crippen molar-refractivity contribution in [2.75, 3.05) is 6.61 Å². The number of nitrogens with two attached hydrogens (primary N) is 1. The molecule has 1 atom stereocenters. The second-order valence-corrected chi connectivity index (χ2v) is 2.89. The molecule has 0 spiro atoms. The summed E-state index contributed by atoms with van der Waals surface area (Å²) in [5.41, 5.74) is 3.83. The highest BCUT2D eigenvalue weighted by Gasteiger charge is 2.02. The predicted octanol–water partition coefficient (Wildman–Crippen LogP) is 1.61. The van der Waals surface area contributed by atoms with E-state index < -0.39 is 0 Å². The highest BCUT2D eigenvalue weighted by Crippen LogP contribution is 2.18. The van der Waals surface area contributed by atoms with Gasteiger partial charge in [0.1, 0.15) is 5.75 Å². The van der Waals surface area contributed by atoms with Crippen LogP contribution in [0, 0.1) is 0 Å². The van der Waals surface area contributed by atoms with Crippen molar-refractivity contribution in [3.63, 3.8) is 0 Å². The van der Waals surface area contributed by atoms with Crippen LogP contribution in [0.5, 0.6) is 5.75 Å². The van der Waals surface area contributed by atoms with Gasteiger partial charge in [0.05, 0.1) is 6.61 Å². The minimum atomic E-state index is 0.153. The summed E-state index contributed by atoms with van der Waals surface area (Å²) in [6.45, 7) is 4.66. The summed E-state index contributed by atoms with van der Waals surface area (Å²) in [5, 5.41) is 0. The van der Waals surface area contributed by atoms with Crippen molar-refractivity contribution < 1.29 is 4.74 Å². The number of hydrogen-bond acceptors (Lipinski definition) is 3. The largest absolute Gasteiger partial charge is 0.494 e. The fourth-order valence-corrected chi connectivity index (χ4v) is 1.14. The van der Waals surface area contributed by atoms with E-state index >= 15 is 0 Å². The SMILES string of the molecule is CCOc1cccc(C(C)NN)c1. The molecule has 0 amide bonds. The second-order valence-electron chi connectivity index (χ2n) is 2.89. The molecule has 72 valence electrons. The van der Waals surface area contributed by atoms with Crippen LogP contribution in [0.15, 0.2) is 24.3 Å². The van der Waals surface area contributed by atoms with Gasteiger partial charge in [-0.1, -0.05) is 12.1 Å². The fraction of sp³-hybridized carbons (Fsp3) is 0.400. The molecule has 0 aliphatic carbocycles. The number of ether oxygens (including phenoxy) is 1. The summed E-state index contributed by atoms with van der Waals surface area (Å²) in [7, 11) is 0. The Bertz CT molecular complexity index is 263. The average molecular weight is 180 g/mol. The highest BCUT2D eigenvalue weighted by molar-refractivity contribution is 5.30. The molecule has 0 saturated carbocycles. The molecule has 0 bridgehead atoms. The Labute approximate surface area is 78.9 Å². The van der Waals surface area contributed by atoms with Gasteiger partial charge in [-0.3, -0.25) is 11.3 Å². The minimum Gasteiger partial charge on any atom is -0.494 e. The van der Waals surface area contributed by atoms with Crippen LogP contribution in [-0.4, -0.2) is 6.61 Å². The predicted molar refractivity (Wildman–Crippen MR) is 53.3 cm³/mol. The number of rotatable bonds is 4. The first-order valence-corrected chi connectivity index (χ1v) is 4.46. The van der Waals surface area contributed by atoms with E-state index in [4.69, 9.17) is 10.6 Å². The fourth-order valence-electron chi connectivity index (χ4n) is 1.14. The Kier molecular flexibility index (Phi) is 3.73. The third-order valence-corrected chi connectivity index (χ3v) is 1.92. The maximum atomic E-state index is 5.37. The van der Waals surface area contributed by atoms with Crippen LogP contribution in [0.25, 0.3) is 0 Å². The number of hydrazine groups is 1. The molecule has 1 aromatic rings. The van der Waals surface area contributed by atoms with Crippen LogP contribution in [0.3, 0.4) is 0 Å². The van der Waals surface area contributed by atoms with Crippen molar-refractivity contribution in [2.24, 2.45) is 5.84 Å². The Morgan fingerprint density at radius 2 is 2.31 bits per heavy atom. The van der Waals surface area contributed by atoms with Gasteiger partial charge in [0.25, 0.3) is 0 Å². The van der Waals surface area contributed by atoms with E-state index in [1.807, 2.05) is 38.1 Å². The second kappa shape index (κ2) is 4.84. The smallest absolute Gasteiger partial charge is 0.119 e. The van der Waals surface area contributed by atoms with E-state index in [2.05, 4.69) is 5.43 Å². The van der Waals surface area contributed by atoms with Crippen LogP contribution in [-0.2, 0) is 0 Å². The minimum absolute atomic E-state index is 0.153. The lowest BCUT2D eigenvalue weighted by molar-refractivity contribution is 0.339. The number of nitrogens with one attached hydrogen (secondary N) is 1. The van der Waals surface area contributed by atoms with Crippen LogP contribution < -0.4 is 16.0 Å². The van der Waals surface area contributed by atoms with E-state index in [1.54, 1.807) is 0 Å². The summed E-state index contributed by atoms with van der Waals surface area (Å²) >= 11 is 0. The van der Waals surface area contributed by atoms with Crippen molar-refractivity contribution in [1.82, 2.24) is 5.43 Å². The first-order chi connectivity index (χ1) is 6.27. The van der Waals surface area contributed by atoms with Gasteiger partial charge in [0.2, 0.25) is 0 Å². The van der Waals surface area contributed by atoms with Crippen molar-refractivity contribution >= 4 is 0 Å². The Balaban J connectivity index is 2.78. The van der Waals surface area contributed by atoms with Crippen molar-refractivity contribution in [1.29, 1.82) is 0 Å². The molecule has 1 unspecified atom stereocenters. The van der Waals surface area contributed by atoms with Crippen LogP contribution >= 0.6 is 0 Å². The molecule has 1 rings (SSSR count). The first-order valence-electron chi connectivity index (χ1n) is 4.46. The van der Waals surface area contributed by atoms with E-state index in [0.29, 0.717) is 6.61 Å². The summed E-state index contributed by atoms with van der Waals surface area (Å²) in [5.74, 6) is 6.23. The van der Waals surface area contributed by atoms with E-state index in [0.717, 1.165) is 11.3 Å². The molecule has 13 heavy (non-hydrogen) atoms. The molecule has 1 aromatic carbocycles. The van der Waals surface area contributed by atoms with Gasteiger partial charge in [0, 0.05) is 6.04 Å². The van der Waals surface area contributed by atoms with Gasteiger partial charge in [-0.25, -0.2) is 0 Å². The standard InChI is InChI=1S/C10H16N2O/c1-3-13-10-6-4-5-9(7-10)8(2)12-11/h4-8,12H,3,11H2,1-2H3. The molecule has 0 aliphatic rings. The van der Waals surface area contributed by atoms with Crippen LogP contribution in [0.2, 0.25) is 0 Å². The first kappa shape index (κ1) is 10.0. The van der Waals surface area contributed by atoms with Crippen molar-refractivity contribution in [3.05, 3.63) is 29.8 Å². The zero-order valence-electron chi connectivity index (χ0n) is 8.08. The molecule has 3 N–H and O–H groups in total. The monoisotopic (exact) mass is 180 g/mol. The summed E-state index contributed by atoms with van der Waals surface area (Å²) in [6.07, 6.45) is 0. The van der Waals surface area contributed by atoms with E-state index in [9.17, 15) is 0 Å².